The fraction of sp³-hybridized carbons (Fsp3) is 0.235. The molecule has 130 valence electrons. The Morgan fingerprint density at radius 2 is 2.08 bits per heavy atom. The summed E-state index contributed by atoms with van der Waals surface area (Å²) in [5, 5.41) is 4.12. The van der Waals surface area contributed by atoms with E-state index < -0.39 is 0 Å². The molecule has 0 atom stereocenters. The third kappa shape index (κ3) is 3.81. The van der Waals surface area contributed by atoms with Gasteiger partial charge in [0.15, 0.2) is 0 Å². The van der Waals surface area contributed by atoms with Gasteiger partial charge in [0, 0.05) is 11.6 Å². The van der Waals surface area contributed by atoms with Gasteiger partial charge in [-0.2, -0.15) is 0 Å². The van der Waals surface area contributed by atoms with Gasteiger partial charge in [0.05, 0.1) is 17.7 Å². The minimum Gasteiger partial charge on any atom is -0.459 e. The Hall–Kier alpha value is -2.03. The van der Waals surface area contributed by atoms with Crippen LogP contribution < -0.4 is 5.32 Å². The lowest BCUT2D eigenvalue weighted by molar-refractivity contribution is 0.0393. The molecule has 0 saturated carbocycles. The number of benzene rings is 1. The summed E-state index contributed by atoms with van der Waals surface area (Å²) in [4.78, 5) is 22.2. The monoisotopic (exact) mass is 421 g/mol. The number of aryl methyl sites for hydroxylation is 1. The van der Waals surface area contributed by atoms with E-state index in [0.29, 0.717) is 17.3 Å². The Morgan fingerprint density at radius 1 is 1.28 bits per heavy atom. The molecule has 0 fully saturated rings. The van der Waals surface area contributed by atoms with Crippen LogP contribution in [0.2, 0.25) is 0 Å². The molecule has 0 bridgehead atoms. The molecule has 1 aromatic carbocycles. The quantitative estimate of drug-likeness (QED) is 0.472. The standard InChI is InChI=1S/C17H16BrN3O3S/c1-10-13-15(21-12-6-4-3-5-11(12)18)19-9-20-16(13)25-14(10)17(22)24-8-7-23-2/h3-6,9H,7-8H2,1-2H3,(H,19,20,21). The molecule has 2 heterocycles. The maximum absolute atomic E-state index is 12.3. The number of anilines is 2. The number of hydrogen-bond donors (Lipinski definition) is 1. The van der Waals surface area contributed by atoms with Crippen LogP contribution in [0.15, 0.2) is 35.1 Å². The van der Waals surface area contributed by atoms with E-state index in [9.17, 15) is 4.79 Å². The lowest BCUT2D eigenvalue weighted by atomic mass is 10.2. The van der Waals surface area contributed by atoms with Gasteiger partial charge < -0.3 is 14.8 Å². The van der Waals surface area contributed by atoms with Crippen LogP contribution in [0.3, 0.4) is 0 Å². The molecule has 3 aromatic rings. The molecule has 25 heavy (non-hydrogen) atoms. The average molecular weight is 422 g/mol. The minimum absolute atomic E-state index is 0.219. The van der Waals surface area contributed by atoms with Crippen molar-refractivity contribution in [2.24, 2.45) is 0 Å². The second kappa shape index (κ2) is 7.90. The molecular formula is C17H16BrN3O3S. The Balaban J connectivity index is 1.96. The first-order valence-corrected chi connectivity index (χ1v) is 9.14. The van der Waals surface area contributed by atoms with E-state index in [1.165, 1.54) is 17.7 Å². The van der Waals surface area contributed by atoms with E-state index in [2.05, 4.69) is 31.2 Å². The van der Waals surface area contributed by atoms with Crippen LogP contribution >= 0.6 is 27.3 Å². The first-order valence-electron chi connectivity index (χ1n) is 7.53. The smallest absolute Gasteiger partial charge is 0.348 e. The zero-order chi connectivity index (χ0) is 17.8. The molecule has 0 radical (unpaired) electrons. The lowest BCUT2D eigenvalue weighted by Gasteiger charge is -2.09. The maximum Gasteiger partial charge on any atom is 0.348 e. The van der Waals surface area contributed by atoms with Crippen molar-refractivity contribution in [3.05, 3.63) is 45.5 Å². The number of aromatic nitrogens is 2. The van der Waals surface area contributed by atoms with Gasteiger partial charge in [0.2, 0.25) is 0 Å². The van der Waals surface area contributed by atoms with E-state index in [1.54, 1.807) is 7.11 Å². The highest BCUT2D eigenvalue weighted by molar-refractivity contribution is 9.10. The van der Waals surface area contributed by atoms with Crippen molar-refractivity contribution in [3.8, 4) is 0 Å². The summed E-state index contributed by atoms with van der Waals surface area (Å²) < 4.78 is 11.1. The van der Waals surface area contributed by atoms with Gasteiger partial charge in [-0.1, -0.05) is 12.1 Å². The highest BCUT2D eigenvalue weighted by Crippen LogP contribution is 2.35. The fourth-order valence-electron chi connectivity index (χ4n) is 2.33. The summed E-state index contributed by atoms with van der Waals surface area (Å²) in [5.41, 5.74) is 1.69. The van der Waals surface area contributed by atoms with Gasteiger partial charge >= 0.3 is 5.97 Å². The number of halogens is 1. The number of thiophene rings is 1. The Labute approximate surface area is 157 Å². The number of para-hydroxylation sites is 1. The summed E-state index contributed by atoms with van der Waals surface area (Å²) in [6, 6.07) is 7.76. The van der Waals surface area contributed by atoms with Crippen LogP contribution in [0.1, 0.15) is 15.2 Å². The van der Waals surface area contributed by atoms with Gasteiger partial charge in [-0.15, -0.1) is 11.3 Å². The summed E-state index contributed by atoms with van der Waals surface area (Å²) in [6.07, 6.45) is 1.48. The first-order chi connectivity index (χ1) is 12.1. The number of hydrogen-bond acceptors (Lipinski definition) is 7. The highest BCUT2D eigenvalue weighted by Gasteiger charge is 2.20. The molecule has 0 unspecified atom stereocenters. The SMILES string of the molecule is COCCOC(=O)c1sc2ncnc(Nc3ccccc3Br)c2c1C. The number of carbonyl (C=O) groups excluding carboxylic acids is 1. The molecule has 0 aliphatic rings. The van der Waals surface area contributed by atoms with E-state index in [4.69, 9.17) is 9.47 Å². The molecule has 0 amide bonds. The first kappa shape index (κ1) is 17.8. The third-order valence-corrected chi connectivity index (χ3v) is 5.43. The highest BCUT2D eigenvalue weighted by atomic mass is 79.9. The predicted molar refractivity (Wildman–Crippen MR) is 102 cm³/mol. The zero-order valence-corrected chi connectivity index (χ0v) is 16.1. The number of ether oxygens (including phenoxy) is 2. The van der Waals surface area contributed by atoms with E-state index in [1.807, 2.05) is 31.2 Å². The molecular weight excluding hydrogens is 406 g/mol. The molecule has 2 aromatic heterocycles. The second-order valence-electron chi connectivity index (χ2n) is 5.19. The van der Waals surface area contributed by atoms with Crippen LogP contribution in [0.5, 0.6) is 0 Å². The fourth-order valence-corrected chi connectivity index (χ4v) is 3.76. The summed E-state index contributed by atoms with van der Waals surface area (Å²) in [7, 11) is 1.56. The van der Waals surface area contributed by atoms with Crippen molar-refractivity contribution >= 4 is 55.0 Å². The average Bonchev–Trinajstić information content (AvgIpc) is 2.95. The van der Waals surface area contributed by atoms with E-state index in [0.717, 1.165) is 25.9 Å². The summed E-state index contributed by atoms with van der Waals surface area (Å²) >= 11 is 4.81. The number of esters is 1. The van der Waals surface area contributed by atoms with Gasteiger partial charge in [-0.3, -0.25) is 0 Å². The van der Waals surface area contributed by atoms with Crippen LogP contribution in [-0.4, -0.2) is 36.3 Å². The summed E-state index contributed by atoms with van der Waals surface area (Å²) in [6.45, 7) is 2.46. The number of carbonyl (C=O) groups is 1. The minimum atomic E-state index is -0.371. The number of rotatable bonds is 6. The number of nitrogens with zero attached hydrogens (tertiary/aromatic N) is 2. The van der Waals surface area contributed by atoms with Gasteiger partial charge in [0.1, 0.15) is 28.5 Å². The lowest BCUT2D eigenvalue weighted by Crippen LogP contribution is -2.09. The number of methoxy groups -OCH3 is 1. The molecule has 0 aliphatic heterocycles. The van der Waals surface area contributed by atoms with E-state index in [-0.39, 0.29) is 12.6 Å². The molecule has 0 saturated heterocycles. The van der Waals surface area contributed by atoms with Crippen molar-refractivity contribution in [2.45, 2.75) is 6.92 Å². The van der Waals surface area contributed by atoms with Crippen molar-refractivity contribution in [3.63, 3.8) is 0 Å². The normalized spacial score (nSPS) is 10.8. The van der Waals surface area contributed by atoms with Crippen molar-refractivity contribution in [2.75, 3.05) is 25.6 Å². The van der Waals surface area contributed by atoms with Crippen molar-refractivity contribution in [1.82, 2.24) is 9.97 Å². The van der Waals surface area contributed by atoms with Crippen LogP contribution in [0, 0.1) is 6.92 Å². The number of fused-ring (bicyclic) bond motifs is 1. The van der Waals surface area contributed by atoms with E-state index >= 15 is 0 Å². The molecule has 6 nitrogen and oxygen atoms in total. The van der Waals surface area contributed by atoms with Gasteiger partial charge in [-0.05, 0) is 40.5 Å². The van der Waals surface area contributed by atoms with Gasteiger partial charge in [0.25, 0.3) is 0 Å². The topological polar surface area (TPSA) is 73.3 Å². The maximum atomic E-state index is 12.3. The second-order valence-corrected chi connectivity index (χ2v) is 7.05. The van der Waals surface area contributed by atoms with Crippen molar-refractivity contribution in [1.29, 1.82) is 0 Å². The Bertz CT molecular complexity index is 913. The molecule has 0 spiro atoms. The number of nitrogens with one attached hydrogen (secondary N) is 1. The Kier molecular flexibility index (Phi) is 5.62. The molecule has 3 rings (SSSR count). The van der Waals surface area contributed by atoms with Crippen LogP contribution in [-0.2, 0) is 9.47 Å². The van der Waals surface area contributed by atoms with Gasteiger partial charge in [-0.25, -0.2) is 14.8 Å². The van der Waals surface area contributed by atoms with Crippen LogP contribution in [0.4, 0.5) is 11.5 Å². The third-order valence-electron chi connectivity index (χ3n) is 3.56. The molecule has 1 N–H and O–H groups in total. The van der Waals surface area contributed by atoms with Crippen LogP contribution in [0.25, 0.3) is 10.2 Å². The molecule has 0 aliphatic carbocycles. The Morgan fingerprint density at radius 3 is 2.84 bits per heavy atom. The van der Waals surface area contributed by atoms with Crippen molar-refractivity contribution < 1.29 is 14.3 Å². The zero-order valence-electron chi connectivity index (χ0n) is 13.7. The largest absolute Gasteiger partial charge is 0.459 e. The predicted octanol–water partition coefficient (Wildman–Crippen LogP) is 4.31. The summed E-state index contributed by atoms with van der Waals surface area (Å²) in [5.74, 6) is 0.283. The molecule has 8 heteroatoms.